The SMILES string of the molecule is C[C@@]1(C(=O)O)C(=O)c2cc([N+](=O)[O-])ccc2N(Cc2ccccc2)[C@@H]1c1ccccc1. The largest absolute Gasteiger partial charge is 0.480 e. The van der Waals surface area contributed by atoms with Gasteiger partial charge in [-0.2, -0.15) is 0 Å². The standard InChI is InChI=1S/C24H20N2O5/c1-24(23(28)29)21(17-10-6-3-7-11-17)25(15-16-8-4-2-5-9-16)20-13-12-18(26(30)31)14-19(20)22(24)27/h2-14,21H,15H2,1H3,(H,28,29)/t21-,24+/m1/s1. The zero-order chi connectivity index (χ0) is 22.2. The Kier molecular flexibility index (Phi) is 5.02. The molecule has 2 atom stereocenters. The van der Waals surface area contributed by atoms with E-state index in [2.05, 4.69) is 0 Å². The first kappa shape index (κ1) is 20.3. The van der Waals surface area contributed by atoms with Crippen molar-refractivity contribution in [3.8, 4) is 0 Å². The van der Waals surface area contributed by atoms with Gasteiger partial charge in [0.15, 0.2) is 11.2 Å². The number of non-ortho nitro benzene ring substituents is 1. The van der Waals surface area contributed by atoms with E-state index < -0.39 is 28.1 Å². The Morgan fingerprint density at radius 2 is 1.68 bits per heavy atom. The van der Waals surface area contributed by atoms with Gasteiger partial charge >= 0.3 is 5.97 Å². The smallest absolute Gasteiger partial charge is 0.319 e. The number of carboxylic acid groups (broad SMARTS) is 1. The van der Waals surface area contributed by atoms with Gasteiger partial charge in [0.05, 0.1) is 11.0 Å². The predicted molar refractivity (Wildman–Crippen MR) is 115 cm³/mol. The number of fused-ring (bicyclic) bond motifs is 1. The molecule has 0 saturated carbocycles. The lowest BCUT2D eigenvalue weighted by Gasteiger charge is -2.46. The van der Waals surface area contributed by atoms with Crippen LogP contribution >= 0.6 is 0 Å². The molecule has 0 unspecified atom stereocenters. The summed E-state index contributed by atoms with van der Waals surface area (Å²) in [4.78, 5) is 38.6. The van der Waals surface area contributed by atoms with Gasteiger partial charge in [-0.25, -0.2) is 0 Å². The lowest BCUT2D eigenvalue weighted by atomic mass is 9.69. The Bertz CT molecular complexity index is 1160. The maximum absolute atomic E-state index is 13.5. The van der Waals surface area contributed by atoms with Crippen molar-refractivity contribution in [1.82, 2.24) is 0 Å². The minimum absolute atomic E-state index is 0.0437. The molecule has 0 saturated heterocycles. The van der Waals surface area contributed by atoms with Crippen molar-refractivity contribution in [2.24, 2.45) is 5.41 Å². The van der Waals surface area contributed by atoms with Gasteiger partial charge in [-0.05, 0) is 24.1 Å². The summed E-state index contributed by atoms with van der Waals surface area (Å²) in [5.41, 5.74) is 0.0423. The van der Waals surface area contributed by atoms with E-state index in [9.17, 15) is 24.8 Å². The van der Waals surface area contributed by atoms with Gasteiger partial charge in [-0.3, -0.25) is 19.7 Å². The van der Waals surface area contributed by atoms with E-state index >= 15 is 0 Å². The molecule has 3 aromatic rings. The number of nitro benzene ring substituents is 1. The van der Waals surface area contributed by atoms with Crippen molar-refractivity contribution >= 4 is 23.1 Å². The van der Waals surface area contributed by atoms with Gasteiger partial charge in [-0.15, -0.1) is 0 Å². The number of carbonyl (C=O) groups is 2. The van der Waals surface area contributed by atoms with Gasteiger partial charge in [0, 0.05) is 29.9 Å². The van der Waals surface area contributed by atoms with E-state index in [-0.39, 0.29) is 11.3 Å². The molecule has 0 spiro atoms. The van der Waals surface area contributed by atoms with E-state index in [1.54, 1.807) is 24.3 Å². The Morgan fingerprint density at radius 3 is 2.26 bits per heavy atom. The molecule has 7 heteroatoms. The Morgan fingerprint density at radius 1 is 1.06 bits per heavy atom. The number of aliphatic carboxylic acids is 1. The average molecular weight is 416 g/mol. The van der Waals surface area contributed by atoms with Crippen LogP contribution < -0.4 is 4.90 Å². The number of nitro groups is 1. The fourth-order valence-corrected chi connectivity index (χ4v) is 4.24. The lowest BCUT2D eigenvalue weighted by Crippen LogP contribution is -2.53. The minimum atomic E-state index is -1.83. The van der Waals surface area contributed by atoms with E-state index in [1.807, 2.05) is 41.3 Å². The molecule has 0 fully saturated rings. The fourth-order valence-electron chi connectivity index (χ4n) is 4.24. The van der Waals surface area contributed by atoms with Crippen molar-refractivity contribution in [2.75, 3.05) is 4.90 Å². The zero-order valence-corrected chi connectivity index (χ0v) is 16.8. The molecular formula is C24H20N2O5. The molecule has 0 amide bonds. The molecule has 1 aliphatic rings. The van der Waals surface area contributed by atoms with Crippen molar-refractivity contribution in [2.45, 2.75) is 19.5 Å². The number of hydrogen-bond acceptors (Lipinski definition) is 5. The van der Waals surface area contributed by atoms with Crippen LogP contribution in [0.15, 0.2) is 78.9 Å². The van der Waals surface area contributed by atoms with Gasteiger partial charge in [0.1, 0.15) is 0 Å². The van der Waals surface area contributed by atoms with Crippen LogP contribution in [0.25, 0.3) is 0 Å². The van der Waals surface area contributed by atoms with Crippen LogP contribution in [-0.2, 0) is 11.3 Å². The number of anilines is 1. The molecule has 0 aliphatic carbocycles. The van der Waals surface area contributed by atoms with Gasteiger partial charge in [0.25, 0.3) is 5.69 Å². The maximum Gasteiger partial charge on any atom is 0.319 e. The number of nitrogens with zero attached hydrogens (tertiary/aromatic N) is 2. The number of carbonyl (C=O) groups excluding carboxylic acids is 1. The number of rotatable bonds is 5. The van der Waals surface area contributed by atoms with E-state index in [4.69, 9.17) is 0 Å². The number of carboxylic acids is 1. The van der Waals surface area contributed by atoms with Gasteiger partial charge < -0.3 is 10.0 Å². The highest BCUT2D eigenvalue weighted by Gasteiger charge is 2.55. The minimum Gasteiger partial charge on any atom is -0.480 e. The molecule has 0 radical (unpaired) electrons. The third-order valence-electron chi connectivity index (χ3n) is 5.83. The molecule has 1 heterocycles. The summed E-state index contributed by atoms with van der Waals surface area (Å²) in [6.45, 7) is 1.73. The van der Waals surface area contributed by atoms with Crippen LogP contribution in [0.1, 0.15) is 34.5 Å². The Labute approximate surface area is 178 Å². The first-order valence-corrected chi connectivity index (χ1v) is 9.76. The maximum atomic E-state index is 13.5. The second-order valence-corrected chi connectivity index (χ2v) is 7.72. The number of benzene rings is 3. The van der Waals surface area contributed by atoms with Gasteiger partial charge in [0.2, 0.25) is 0 Å². The van der Waals surface area contributed by atoms with E-state index in [0.717, 1.165) is 5.56 Å². The summed E-state index contributed by atoms with van der Waals surface area (Å²) in [5, 5.41) is 21.5. The lowest BCUT2D eigenvalue weighted by molar-refractivity contribution is -0.384. The summed E-state index contributed by atoms with van der Waals surface area (Å²) in [6.07, 6.45) is 0. The van der Waals surface area contributed by atoms with Crippen LogP contribution in [0, 0.1) is 15.5 Å². The molecule has 7 nitrogen and oxygen atoms in total. The van der Waals surface area contributed by atoms with Crippen molar-refractivity contribution in [1.29, 1.82) is 0 Å². The van der Waals surface area contributed by atoms with Crippen molar-refractivity contribution in [3.63, 3.8) is 0 Å². The third kappa shape index (κ3) is 3.34. The highest BCUT2D eigenvalue weighted by Crippen LogP contribution is 2.50. The van der Waals surface area contributed by atoms with Crippen LogP contribution in [-0.4, -0.2) is 21.8 Å². The number of ketones is 1. The third-order valence-corrected chi connectivity index (χ3v) is 5.83. The first-order chi connectivity index (χ1) is 14.8. The van der Waals surface area contributed by atoms with E-state index in [1.165, 1.54) is 25.1 Å². The van der Waals surface area contributed by atoms with E-state index in [0.29, 0.717) is 17.8 Å². The molecule has 1 aliphatic heterocycles. The molecular weight excluding hydrogens is 396 g/mol. The first-order valence-electron chi connectivity index (χ1n) is 9.76. The summed E-state index contributed by atoms with van der Waals surface area (Å²) in [6, 6.07) is 21.8. The van der Waals surface area contributed by atoms with Crippen LogP contribution in [0.3, 0.4) is 0 Å². The van der Waals surface area contributed by atoms with Crippen molar-refractivity contribution in [3.05, 3.63) is 106 Å². The van der Waals surface area contributed by atoms with Crippen LogP contribution in [0.5, 0.6) is 0 Å². The summed E-state index contributed by atoms with van der Waals surface area (Å²) < 4.78 is 0. The van der Waals surface area contributed by atoms with Crippen molar-refractivity contribution < 1.29 is 19.6 Å². The average Bonchev–Trinajstić information content (AvgIpc) is 2.78. The molecule has 0 bridgehead atoms. The zero-order valence-electron chi connectivity index (χ0n) is 16.8. The quantitative estimate of drug-likeness (QED) is 0.370. The monoisotopic (exact) mass is 416 g/mol. The molecule has 4 rings (SSSR count). The molecule has 1 N–H and O–H groups in total. The molecule has 31 heavy (non-hydrogen) atoms. The Hall–Kier alpha value is -4.00. The van der Waals surface area contributed by atoms with Gasteiger partial charge in [-0.1, -0.05) is 60.7 Å². The van der Waals surface area contributed by atoms with Crippen LogP contribution in [0.4, 0.5) is 11.4 Å². The summed E-state index contributed by atoms with van der Waals surface area (Å²) in [7, 11) is 0. The highest BCUT2D eigenvalue weighted by atomic mass is 16.6. The molecule has 156 valence electrons. The molecule has 3 aromatic carbocycles. The van der Waals surface area contributed by atoms with Crippen LogP contribution in [0.2, 0.25) is 0 Å². The number of hydrogen-bond donors (Lipinski definition) is 1. The second-order valence-electron chi connectivity index (χ2n) is 7.72. The Balaban J connectivity index is 1.99. The summed E-state index contributed by atoms with van der Waals surface area (Å²) in [5.74, 6) is -1.92. The number of Topliss-reactive ketones (excluding diaryl/α,β-unsaturated/α-hetero) is 1. The molecule has 0 aromatic heterocycles. The highest BCUT2D eigenvalue weighted by molar-refractivity contribution is 6.17. The predicted octanol–water partition coefficient (Wildman–Crippen LogP) is 4.63. The second kappa shape index (κ2) is 7.68. The summed E-state index contributed by atoms with van der Waals surface area (Å²) >= 11 is 0. The normalized spacial score (nSPS) is 20.2. The fraction of sp³-hybridized carbons (Fsp3) is 0.167. The topological polar surface area (TPSA) is 101 Å².